The summed E-state index contributed by atoms with van der Waals surface area (Å²) in [6.07, 6.45) is 0. The number of aromatic nitrogens is 1. The molecule has 20 heavy (non-hydrogen) atoms. The molecule has 0 radical (unpaired) electrons. The smallest absolute Gasteiger partial charge is 0.328 e. The lowest BCUT2D eigenvalue weighted by Gasteiger charge is -2.19. The Kier molecular flexibility index (Phi) is 5.11. The van der Waals surface area contributed by atoms with Gasteiger partial charge >= 0.3 is 5.97 Å². The molecule has 0 spiro atoms. The number of carbonyl (C=O) groups is 2. The van der Waals surface area contributed by atoms with Gasteiger partial charge in [0.05, 0.1) is 7.11 Å². The molecule has 0 aliphatic heterocycles. The monoisotopic (exact) mass is 298 g/mol. The standard InChI is InChI=1S/C14H19ClN2O3/c1-8(13(19)20-5)16-12(18)9-6-10(14(2,3)4)17-11(15)7-9/h6-8H,1-5H3,(H,16,18). The van der Waals surface area contributed by atoms with Crippen LogP contribution < -0.4 is 5.32 Å². The fourth-order valence-electron chi connectivity index (χ4n) is 1.53. The Morgan fingerprint density at radius 2 is 1.95 bits per heavy atom. The topological polar surface area (TPSA) is 68.3 Å². The first-order valence-corrected chi connectivity index (χ1v) is 6.59. The van der Waals surface area contributed by atoms with Gasteiger partial charge in [-0.15, -0.1) is 0 Å². The number of methoxy groups -OCH3 is 1. The van der Waals surface area contributed by atoms with Crippen LogP contribution in [0.5, 0.6) is 0 Å². The van der Waals surface area contributed by atoms with Crippen molar-refractivity contribution in [2.45, 2.75) is 39.2 Å². The molecule has 0 saturated heterocycles. The summed E-state index contributed by atoms with van der Waals surface area (Å²) in [5.41, 5.74) is 0.847. The van der Waals surface area contributed by atoms with Crippen LogP contribution in [-0.2, 0) is 14.9 Å². The van der Waals surface area contributed by atoms with Crippen LogP contribution in [0.2, 0.25) is 5.15 Å². The maximum atomic E-state index is 12.1. The summed E-state index contributed by atoms with van der Waals surface area (Å²) >= 11 is 5.94. The molecule has 1 aromatic rings. The Bertz CT molecular complexity index is 524. The van der Waals surface area contributed by atoms with Gasteiger partial charge in [-0.3, -0.25) is 4.79 Å². The highest BCUT2D eigenvalue weighted by atomic mass is 35.5. The van der Waals surface area contributed by atoms with Crippen molar-refractivity contribution >= 4 is 23.5 Å². The second-order valence-corrected chi connectivity index (χ2v) is 5.92. The van der Waals surface area contributed by atoms with E-state index in [0.29, 0.717) is 11.3 Å². The summed E-state index contributed by atoms with van der Waals surface area (Å²) in [6.45, 7) is 7.48. The van der Waals surface area contributed by atoms with Crippen molar-refractivity contribution in [1.82, 2.24) is 10.3 Å². The van der Waals surface area contributed by atoms with Gasteiger partial charge in [0.15, 0.2) is 0 Å². The molecule has 0 aromatic carbocycles. The summed E-state index contributed by atoms with van der Waals surface area (Å²) in [5, 5.41) is 2.80. The van der Waals surface area contributed by atoms with Crippen molar-refractivity contribution in [1.29, 1.82) is 0 Å². The number of nitrogens with one attached hydrogen (secondary N) is 1. The number of hydrogen-bond acceptors (Lipinski definition) is 4. The average molecular weight is 299 g/mol. The van der Waals surface area contributed by atoms with E-state index >= 15 is 0 Å². The summed E-state index contributed by atoms with van der Waals surface area (Å²) < 4.78 is 4.56. The molecule has 6 heteroatoms. The second-order valence-electron chi connectivity index (χ2n) is 5.53. The first kappa shape index (κ1) is 16.4. The molecule has 1 heterocycles. The number of amides is 1. The Morgan fingerprint density at radius 1 is 1.35 bits per heavy atom. The van der Waals surface area contributed by atoms with E-state index in [9.17, 15) is 9.59 Å². The molecule has 5 nitrogen and oxygen atoms in total. The number of carbonyl (C=O) groups excluding carboxylic acids is 2. The minimum absolute atomic E-state index is 0.228. The van der Waals surface area contributed by atoms with Crippen LogP contribution in [0, 0.1) is 0 Å². The lowest BCUT2D eigenvalue weighted by atomic mass is 9.91. The predicted octanol–water partition coefficient (Wildman–Crippen LogP) is 2.32. The van der Waals surface area contributed by atoms with Gasteiger partial charge in [0.1, 0.15) is 11.2 Å². The van der Waals surface area contributed by atoms with Gasteiger partial charge in [0, 0.05) is 16.7 Å². The zero-order valence-corrected chi connectivity index (χ0v) is 13.0. The highest BCUT2D eigenvalue weighted by molar-refractivity contribution is 6.29. The number of rotatable bonds is 3. The Labute approximate surface area is 123 Å². The fraction of sp³-hybridized carbons (Fsp3) is 0.500. The second kappa shape index (κ2) is 6.22. The summed E-state index contributed by atoms with van der Waals surface area (Å²) in [7, 11) is 1.27. The summed E-state index contributed by atoms with van der Waals surface area (Å²) in [5.74, 6) is -0.896. The molecule has 0 fully saturated rings. The molecule has 1 rings (SSSR count). The van der Waals surface area contributed by atoms with Crippen molar-refractivity contribution in [2.75, 3.05) is 7.11 Å². The van der Waals surface area contributed by atoms with E-state index in [0.717, 1.165) is 0 Å². The molecule has 1 unspecified atom stereocenters. The molecule has 0 saturated carbocycles. The predicted molar refractivity (Wildman–Crippen MR) is 76.9 cm³/mol. The fourth-order valence-corrected chi connectivity index (χ4v) is 1.74. The lowest BCUT2D eigenvalue weighted by molar-refractivity contribution is -0.142. The molecule has 1 aromatic heterocycles. The molecule has 1 atom stereocenters. The third kappa shape index (κ3) is 4.20. The largest absolute Gasteiger partial charge is 0.467 e. The van der Waals surface area contributed by atoms with Crippen molar-refractivity contribution < 1.29 is 14.3 Å². The van der Waals surface area contributed by atoms with Gasteiger partial charge in [-0.2, -0.15) is 0 Å². The van der Waals surface area contributed by atoms with Crippen molar-refractivity contribution in [3.8, 4) is 0 Å². The Hall–Kier alpha value is -1.62. The van der Waals surface area contributed by atoms with Crippen LogP contribution in [0.25, 0.3) is 0 Å². The molecular formula is C14H19ClN2O3. The van der Waals surface area contributed by atoms with Crippen LogP contribution in [0.3, 0.4) is 0 Å². The molecule has 0 aliphatic rings. The first-order valence-electron chi connectivity index (χ1n) is 6.22. The van der Waals surface area contributed by atoms with Gasteiger partial charge in [0.2, 0.25) is 0 Å². The average Bonchev–Trinajstić information content (AvgIpc) is 2.35. The highest BCUT2D eigenvalue weighted by Gasteiger charge is 2.21. The molecule has 0 aliphatic carbocycles. The normalized spacial score (nSPS) is 12.7. The van der Waals surface area contributed by atoms with Crippen LogP contribution in [0.4, 0.5) is 0 Å². The van der Waals surface area contributed by atoms with Gasteiger partial charge in [-0.25, -0.2) is 9.78 Å². The number of hydrogen-bond donors (Lipinski definition) is 1. The van der Waals surface area contributed by atoms with Gasteiger partial charge in [-0.1, -0.05) is 32.4 Å². The van der Waals surface area contributed by atoms with E-state index in [4.69, 9.17) is 11.6 Å². The van der Waals surface area contributed by atoms with E-state index in [1.165, 1.54) is 13.2 Å². The summed E-state index contributed by atoms with van der Waals surface area (Å²) in [4.78, 5) is 27.6. The zero-order valence-electron chi connectivity index (χ0n) is 12.3. The van der Waals surface area contributed by atoms with E-state index in [1.807, 2.05) is 20.8 Å². The maximum absolute atomic E-state index is 12.1. The minimum Gasteiger partial charge on any atom is -0.467 e. The Morgan fingerprint density at radius 3 is 2.45 bits per heavy atom. The zero-order chi connectivity index (χ0) is 15.5. The Balaban J connectivity index is 2.99. The number of ether oxygens (including phenoxy) is 1. The third-order valence-electron chi connectivity index (χ3n) is 2.73. The van der Waals surface area contributed by atoms with E-state index in [2.05, 4.69) is 15.0 Å². The van der Waals surface area contributed by atoms with Gasteiger partial charge in [0.25, 0.3) is 5.91 Å². The van der Waals surface area contributed by atoms with Crippen LogP contribution in [0.15, 0.2) is 12.1 Å². The quantitative estimate of drug-likeness (QED) is 0.687. The lowest BCUT2D eigenvalue weighted by Crippen LogP contribution is -2.39. The van der Waals surface area contributed by atoms with Gasteiger partial charge in [-0.05, 0) is 19.1 Å². The van der Waals surface area contributed by atoms with Crippen molar-refractivity contribution in [3.63, 3.8) is 0 Å². The van der Waals surface area contributed by atoms with Gasteiger partial charge < -0.3 is 10.1 Å². The number of pyridine rings is 1. The maximum Gasteiger partial charge on any atom is 0.328 e. The van der Waals surface area contributed by atoms with Crippen LogP contribution in [-0.4, -0.2) is 30.0 Å². The van der Waals surface area contributed by atoms with Crippen molar-refractivity contribution in [2.24, 2.45) is 0 Å². The number of halogens is 1. The highest BCUT2D eigenvalue weighted by Crippen LogP contribution is 2.23. The molecule has 1 N–H and O–H groups in total. The van der Waals surface area contributed by atoms with E-state index < -0.39 is 17.9 Å². The van der Waals surface area contributed by atoms with Crippen LogP contribution >= 0.6 is 11.6 Å². The number of esters is 1. The third-order valence-corrected chi connectivity index (χ3v) is 2.92. The molecular weight excluding hydrogens is 280 g/mol. The summed E-state index contributed by atoms with van der Waals surface area (Å²) in [6, 6.07) is 2.42. The molecule has 0 bridgehead atoms. The molecule has 1 amide bonds. The number of nitrogens with zero attached hydrogens (tertiary/aromatic N) is 1. The van der Waals surface area contributed by atoms with Crippen LogP contribution in [0.1, 0.15) is 43.7 Å². The van der Waals surface area contributed by atoms with Crippen molar-refractivity contribution in [3.05, 3.63) is 28.5 Å². The van der Waals surface area contributed by atoms with E-state index in [-0.39, 0.29) is 10.6 Å². The SMILES string of the molecule is COC(=O)C(C)NC(=O)c1cc(Cl)nc(C(C)(C)C)c1. The first-order chi connectivity index (χ1) is 9.15. The molecule has 110 valence electrons. The minimum atomic E-state index is -0.725. The van der Waals surface area contributed by atoms with E-state index in [1.54, 1.807) is 13.0 Å².